The number of hydrazone groups is 1. The summed E-state index contributed by atoms with van der Waals surface area (Å²) in [4.78, 5) is 0. The normalized spacial score (nSPS) is 13.7. The van der Waals surface area contributed by atoms with Crippen molar-refractivity contribution in [3.8, 4) is 0 Å². The van der Waals surface area contributed by atoms with E-state index in [4.69, 9.17) is 5.73 Å². The van der Waals surface area contributed by atoms with Crippen LogP contribution in [0.15, 0.2) is 23.3 Å². The number of anilines is 1. The fraction of sp³-hybridized carbons (Fsp3) is 0.741. The third kappa shape index (κ3) is 11.6. The molecule has 4 nitrogen and oxygen atoms in total. The van der Waals surface area contributed by atoms with Gasteiger partial charge in [0.25, 0.3) is 0 Å². The van der Waals surface area contributed by atoms with E-state index < -0.39 is 0 Å². The molecule has 0 spiro atoms. The first kappa shape index (κ1) is 27.0. The van der Waals surface area contributed by atoms with Gasteiger partial charge in [-0.25, -0.2) is 10.5 Å². The van der Waals surface area contributed by atoms with E-state index in [1.165, 1.54) is 103 Å². The molecule has 1 aliphatic rings. The van der Waals surface area contributed by atoms with Crippen LogP contribution >= 0.6 is 11.8 Å². The second-order valence-electron chi connectivity index (χ2n) is 9.36. The van der Waals surface area contributed by atoms with Gasteiger partial charge in [-0.2, -0.15) is 5.10 Å². The molecule has 0 aromatic heterocycles. The quantitative estimate of drug-likeness (QED) is 0.162. The van der Waals surface area contributed by atoms with Gasteiger partial charge in [0.15, 0.2) is 0 Å². The number of rotatable bonds is 19. The Kier molecular flexibility index (Phi) is 14.6. The summed E-state index contributed by atoms with van der Waals surface area (Å²) in [5, 5.41) is 7.71. The fourth-order valence-corrected chi connectivity index (χ4v) is 5.01. The van der Waals surface area contributed by atoms with Crippen molar-refractivity contribution in [1.82, 2.24) is 10.5 Å². The highest BCUT2D eigenvalue weighted by atomic mass is 32.2. The SMILES string of the molecule is CCCCCCCCCCCCCCCCCCNN1CSC(c2ccc(C)c(N)c2)=N1. The van der Waals surface area contributed by atoms with Crippen LogP contribution in [-0.2, 0) is 0 Å². The molecule has 32 heavy (non-hydrogen) atoms. The lowest BCUT2D eigenvalue weighted by molar-refractivity contribution is 0.238. The molecule has 0 saturated heterocycles. The van der Waals surface area contributed by atoms with Gasteiger partial charge in [-0.05, 0) is 25.0 Å². The van der Waals surface area contributed by atoms with Crippen molar-refractivity contribution in [2.24, 2.45) is 5.10 Å². The van der Waals surface area contributed by atoms with Crippen LogP contribution < -0.4 is 11.2 Å². The van der Waals surface area contributed by atoms with Crippen LogP contribution in [0.2, 0.25) is 0 Å². The molecular weight excluding hydrogens is 412 g/mol. The lowest BCUT2D eigenvalue weighted by atomic mass is 10.0. The number of hydrogen-bond acceptors (Lipinski definition) is 5. The molecule has 5 heteroatoms. The number of aryl methyl sites for hydroxylation is 1. The van der Waals surface area contributed by atoms with Gasteiger partial charge in [-0.3, -0.25) is 0 Å². The molecule has 0 saturated carbocycles. The van der Waals surface area contributed by atoms with Crippen LogP contribution in [0.4, 0.5) is 5.69 Å². The van der Waals surface area contributed by atoms with Crippen LogP contribution in [0.1, 0.15) is 121 Å². The maximum absolute atomic E-state index is 6.04. The molecule has 1 heterocycles. The lowest BCUT2D eigenvalue weighted by Gasteiger charge is -2.13. The number of nitrogens with zero attached hydrogens (tertiary/aromatic N) is 2. The number of hydrogen-bond donors (Lipinski definition) is 2. The molecule has 182 valence electrons. The zero-order valence-electron chi connectivity index (χ0n) is 20.8. The molecule has 0 atom stereocenters. The Morgan fingerprint density at radius 2 is 1.38 bits per heavy atom. The number of nitrogens with two attached hydrogens (primary N) is 1. The van der Waals surface area contributed by atoms with Crippen molar-refractivity contribution in [3.63, 3.8) is 0 Å². The zero-order valence-corrected chi connectivity index (χ0v) is 21.7. The predicted octanol–water partition coefficient (Wildman–Crippen LogP) is 8.01. The number of benzene rings is 1. The van der Waals surface area contributed by atoms with E-state index in [2.05, 4.69) is 29.6 Å². The Balaban J connectivity index is 1.36. The second kappa shape index (κ2) is 17.3. The van der Waals surface area contributed by atoms with E-state index in [1.54, 1.807) is 11.8 Å². The average molecular weight is 461 g/mol. The number of nitrogens with one attached hydrogen (secondary N) is 1. The van der Waals surface area contributed by atoms with Gasteiger partial charge >= 0.3 is 0 Å². The van der Waals surface area contributed by atoms with E-state index in [9.17, 15) is 0 Å². The number of nitrogen functional groups attached to an aromatic ring is 1. The standard InChI is InChI=1S/C27H48N4S/c1-3-4-5-6-7-8-9-10-11-12-13-14-15-16-17-18-21-29-31-23-32-27(30-31)25-20-19-24(2)26(28)22-25/h19-20,22,29H,3-18,21,23,28H2,1-2H3. The minimum Gasteiger partial charge on any atom is -0.398 e. The molecule has 0 aliphatic carbocycles. The first-order valence-electron chi connectivity index (χ1n) is 13.3. The number of thioether (sulfide) groups is 1. The minimum absolute atomic E-state index is 0.838. The van der Waals surface area contributed by atoms with Crippen LogP contribution in [0.25, 0.3) is 0 Å². The summed E-state index contributed by atoms with van der Waals surface area (Å²) in [6, 6.07) is 6.21. The Morgan fingerprint density at radius 3 is 1.91 bits per heavy atom. The van der Waals surface area contributed by atoms with Gasteiger partial charge in [-0.15, -0.1) is 0 Å². The van der Waals surface area contributed by atoms with E-state index in [0.717, 1.165) is 34.3 Å². The Bertz CT molecular complexity index is 647. The molecule has 0 radical (unpaired) electrons. The van der Waals surface area contributed by atoms with Crippen molar-refractivity contribution in [2.45, 2.75) is 117 Å². The average Bonchev–Trinajstić information content (AvgIpc) is 3.26. The van der Waals surface area contributed by atoms with Crippen molar-refractivity contribution < 1.29 is 0 Å². The van der Waals surface area contributed by atoms with Crippen molar-refractivity contribution in [1.29, 1.82) is 0 Å². The summed E-state index contributed by atoms with van der Waals surface area (Å²) >= 11 is 1.77. The van der Waals surface area contributed by atoms with Crippen molar-refractivity contribution >= 4 is 22.5 Å². The van der Waals surface area contributed by atoms with Gasteiger partial charge < -0.3 is 5.73 Å². The molecule has 0 unspecified atom stereocenters. The fourth-order valence-electron chi connectivity index (χ4n) is 4.17. The highest BCUT2D eigenvalue weighted by Crippen LogP contribution is 2.24. The third-order valence-corrected chi connectivity index (χ3v) is 7.35. The summed E-state index contributed by atoms with van der Waals surface area (Å²) in [5.41, 5.74) is 12.6. The maximum atomic E-state index is 6.04. The molecule has 1 aromatic rings. The molecule has 0 fully saturated rings. The topological polar surface area (TPSA) is 53.6 Å². The van der Waals surface area contributed by atoms with Crippen molar-refractivity contribution in [3.05, 3.63) is 29.3 Å². The van der Waals surface area contributed by atoms with Gasteiger partial charge in [0.05, 0.1) is 0 Å². The van der Waals surface area contributed by atoms with Crippen LogP contribution in [0.3, 0.4) is 0 Å². The van der Waals surface area contributed by atoms with Gasteiger partial charge in [0.2, 0.25) is 0 Å². The highest BCUT2D eigenvalue weighted by Gasteiger charge is 2.16. The second-order valence-corrected chi connectivity index (χ2v) is 10.3. The first-order chi connectivity index (χ1) is 15.7. The lowest BCUT2D eigenvalue weighted by Crippen LogP contribution is -2.31. The zero-order chi connectivity index (χ0) is 22.9. The van der Waals surface area contributed by atoms with E-state index in [1.807, 2.05) is 18.1 Å². The van der Waals surface area contributed by atoms with E-state index >= 15 is 0 Å². The Labute approximate surface area is 202 Å². The van der Waals surface area contributed by atoms with E-state index in [0.29, 0.717) is 0 Å². The van der Waals surface area contributed by atoms with Crippen LogP contribution in [0.5, 0.6) is 0 Å². The molecular formula is C27H48N4S. The summed E-state index contributed by atoms with van der Waals surface area (Å²) < 4.78 is 0. The van der Waals surface area contributed by atoms with Gasteiger partial charge in [0.1, 0.15) is 10.9 Å². The summed E-state index contributed by atoms with van der Waals surface area (Å²) in [6.07, 6.45) is 22.6. The Morgan fingerprint density at radius 1 is 0.844 bits per heavy atom. The molecule has 3 N–H and O–H groups in total. The molecule has 1 aliphatic heterocycles. The Hall–Kier alpha value is -1.20. The van der Waals surface area contributed by atoms with Crippen molar-refractivity contribution in [2.75, 3.05) is 18.2 Å². The summed E-state index contributed by atoms with van der Waals surface area (Å²) in [7, 11) is 0. The molecule has 2 rings (SSSR count). The van der Waals surface area contributed by atoms with Gasteiger partial charge in [0, 0.05) is 17.8 Å². The van der Waals surface area contributed by atoms with Crippen LogP contribution in [0, 0.1) is 6.92 Å². The first-order valence-corrected chi connectivity index (χ1v) is 14.3. The predicted molar refractivity (Wildman–Crippen MR) is 144 cm³/mol. The molecule has 0 bridgehead atoms. The summed E-state index contributed by atoms with van der Waals surface area (Å²) in [5.74, 6) is 0.863. The third-order valence-electron chi connectivity index (χ3n) is 6.39. The minimum atomic E-state index is 0.838. The largest absolute Gasteiger partial charge is 0.398 e. The maximum Gasteiger partial charge on any atom is 0.127 e. The van der Waals surface area contributed by atoms with Gasteiger partial charge in [-0.1, -0.05) is 127 Å². The number of hydrazine groups is 1. The van der Waals surface area contributed by atoms with Crippen LogP contribution in [-0.4, -0.2) is 22.6 Å². The molecule has 0 amide bonds. The smallest absolute Gasteiger partial charge is 0.127 e. The van der Waals surface area contributed by atoms with E-state index in [-0.39, 0.29) is 0 Å². The molecule has 1 aromatic carbocycles. The number of unbranched alkanes of at least 4 members (excludes halogenated alkanes) is 15. The monoisotopic (exact) mass is 460 g/mol. The highest BCUT2D eigenvalue weighted by molar-refractivity contribution is 8.14. The summed E-state index contributed by atoms with van der Waals surface area (Å²) in [6.45, 7) is 5.33.